The number of hydrogen-bond acceptors (Lipinski definition) is 5. The molecule has 1 atom stereocenters. The summed E-state index contributed by atoms with van der Waals surface area (Å²) in [4.78, 5) is 24.2. The molecule has 0 saturated carbocycles. The quantitative estimate of drug-likeness (QED) is 0.694. The summed E-state index contributed by atoms with van der Waals surface area (Å²) in [6.07, 6.45) is 0.0279. The molecule has 0 fully saturated rings. The predicted molar refractivity (Wildman–Crippen MR) is 108 cm³/mol. The summed E-state index contributed by atoms with van der Waals surface area (Å²) < 4.78 is 16.2. The molecular weight excluding hydrogens is 358 g/mol. The minimum Gasteiger partial charge on any atom is -0.497 e. The van der Waals surface area contributed by atoms with Crippen LogP contribution in [0.2, 0.25) is 0 Å². The van der Waals surface area contributed by atoms with Crippen molar-refractivity contribution in [1.29, 1.82) is 0 Å². The van der Waals surface area contributed by atoms with E-state index in [4.69, 9.17) is 14.2 Å². The number of hydrogen-bond donors (Lipinski definition) is 1. The molecule has 0 bridgehead atoms. The molecule has 6 nitrogen and oxygen atoms in total. The van der Waals surface area contributed by atoms with Crippen molar-refractivity contribution in [3.05, 3.63) is 48.5 Å². The second-order valence-corrected chi connectivity index (χ2v) is 7.49. The third kappa shape index (κ3) is 6.95. The smallest absolute Gasteiger partial charge is 0.307 e. The Morgan fingerprint density at radius 2 is 1.64 bits per heavy atom. The molecule has 0 heterocycles. The second kappa shape index (κ2) is 9.26. The van der Waals surface area contributed by atoms with Crippen molar-refractivity contribution in [2.45, 2.75) is 39.7 Å². The van der Waals surface area contributed by atoms with E-state index in [1.54, 1.807) is 65.1 Å². The largest absolute Gasteiger partial charge is 0.497 e. The lowest BCUT2D eigenvalue weighted by Crippen LogP contribution is -2.28. The van der Waals surface area contributed by atoms with Crippen molar-refractivity contribution >= 4 is 17.6 Å². The van der Waals surface area contributed by atoms with Gasteiger partial charge in [-0.2, -0.15) is 0 Å². The van der Waals surface area contributed by atoms with Crippen molar-refractivity contribution in [3.8, 4) is 17.2 Å². The van der Waals surface area contributed by atoms with Gasteiger partial charge in [0.05, 0.1) is 13.5 Å². The molecule has 0 radical (unpaired) electrons. The summed E-state index contributed by atoms with van der Waals surface area (Å²) in [5.41, 5.74) is 0.0605. The molecule has 0 aromatic heterocycles. The van der Waals surface area contributed by atoms with E-state index in [0.29, 0.717) is 22.9 Å². The number of anilines is 1. The first-order valence-electron chi connectivity index (χ1n) is 9.11. The van der Waals surface area contributed by atoms with Gasteiger partial charge in [0.2, 0.25) is 5.91 Å². The first kappa shape index (κ1) is 21.3. The average molecular weight is 385 g/mol. The number of carbonyl (C=O) groups is 2. The Hall–Kier alpha value is -3.02. The summed E-state index contributed by atoms with van der Waals surface area (Å²) in [5, 5.41) is 2.80. The number of benzene rings is 2. The highest BCUT2D eigenvalue weighted by molar-refractivity contribution is 5.94. The van der Waals surface area contributed by atoms with Crippen molar-refractivity contribution in [2.75, 3.05) is 12.4 Å². The number of carbonyl (C=O) groups excluding carboxylic acids is 2. The lowest BCUT2D eigenvalue weighted by atomic mass is 10.1. The van der Waals surface area contributed by atoms with Crippen LogP contribution in [0.5, 0.6) is 17.2 Å². The van der Waals surface area contributed by atoms with E-state index < -0.39 is 17.5 Å². The lowest BCUT2D eigenvalue weighted by molar-refractivity contribution is -0.156. The Kier molecular flexibility index (Phi) is 7.04. The predicted octanol–water partition coefficient (Wildman–Crippen LogP) is 4.79. The van der Waals surface area contributed by atoms with Crippen molar-refractivity contribution in [2.24, 2.45) is 5.92 Å². The summed E-state index contributed by atoms with van der Waals surface area (Å²) in [6, 6.07) is 14.3. The third-order valence-electron chi connectivity index (χ3n) is 3.74. The first-order chi connectivity index (χ1) is 13.2. The van der Waals surface area contributed by atoms with Crippen LogP contribution in [-0.4, -0.2) is 24.6 Å². The molecule has 2 aromatic rings. The summed E-state index contributed by atoms with van der Waals surface area (Å²) in [5.74, 6) is 0.864. The van der Waals surface area contributed by atoms with E-state index in [1.807, 2.05) is 18.2 Å². The number of amides is 1. The van der Waals surface area contributed by atoms with Crippen LogP contribution < -0.4 is 14.8 Å². The van der Waals surface area contributed by atoms with Crippen molar-refractivity contribution in [1.82, 2.24) is 0 Å². The Labute approximate surface area is 165 Å². The van der Waals surface area contributed by atoms with Gasteiger partial charge in [-0.3, -0.25) is 9.59 Å². The third-order valence-corrected chi connectivity index (χ3v) is 3.74. The molecule has 0 aliphatic heterocycles. The Bertz CT molecular complexity index is 808. The molecule has 28 heavy (non-hydrogen) atoms. The van der Waals surface area contributed by atoms with Gasteiger partial charge in [-0.15, -0.1) is 0 Å². The summed E-state index contributed by atoms with van der Waals surface area (Å²) in [7, 11) is 1.60. The lowest BCUT2D eigenvalue weighted by Gasteiger charge is -2.20. The van der Waals surface area contributed by atoms with Gasteiger partial charge in [-0.1, -0.05) is 13.0 Å². The zero-order valence-electron chi connectivity index (χ0n) is 16.9. The van der Waals surface area contributed by atoms with Gasteiger partial charge in [0.25, 0.3) is 0 Å². The molecule has 0 unspecified atom stereocenters. The van der Waals surface area contributed by atoms with Crippen LogP contribution in [0.4, 0.5) is 5.69 Å². The zero-order chi connectivity index (χ0) is 20.7. The minimum absolute atomic E-state index is 0.0279. The topological polar surface area (TPSA) is 73.9 Å². The number of rotatable bonds is 7. The van der Waals surface area contributed by atoms with E-state index in [-0.39, 0.29) is 12.3 Å². The van der Waals surface area contributed by atoms with Crippen LogP contribution in [-0.2, 0) is 14.3 Å². The van der Waals surface area contributed by atoms with Crippen LogP contribution in [0.25, 0.3) is 0 Å². The van der Waals surface area contributed by atoms with E-state index in [0.717, 1.165) is 0 Å². The molecule has 1 amide bonds. The maximum atomic E-state index is 12.3. The minimum atomic E-state index is -0.564. The molecule has 2 aromatic carbocycles. The highest BCUT2D eigenvalue weighted by atomic mass is 16.6. The van der Waals surface area contributed by atoms with Crippen LogP contribution >= 0.6 is 0 Å². The van der Waals surface area contributed by atoms with E-state index >= 15 is 0 Å². The molecule has 150 valence electrons. The fraction of sp³-hybridized carbons (Fsp3) is 0.364. The van der Waals surface area contributed by atoms with Gasteiger partial charge < -0.3 is 19.5 Å². The molecule has 0 aliphatic rings. The monoisotopic (exact) mass is 385 g/mol. The molecule has 0 saturated heterocycles. The van der Waals surface area contributed by atoms with Crippen LogP contribution in [0.15, 0.2) is 48.5 Å². The van der Waals surface area contributed by atoms with Gasteiger partial charge in [0.1, 0.15) is 22.8 Å². The van der Waals surface area contributed by atoms with Crippen molar-refractivity contribution in [3.63, 3.8) is 0 Å². The zero-order valence-corrected chi connectivity index (χ0v) is 16.9. The maximum Gasteiger partial charge on any atom is 0.307 e. The molecular formula is C22H27NO5. The fourth-order valence-electron chi connectivity index (χ4n) is 2.40. The van der Waals surface area contributed by atoms with E-state index in [2.05, 4.69) is 5.32 Å². The van der Waals surface area contributed by atoms with Gasteiger partial charge in [-0.25, -0.2) is 0 Å². The number of esters is 1. The van der Waals surface area contributed by atoms with Gasteiger partial charge in [0.15, 0.2) is 0 Å². The number of nitrogens with one attached hydrogen (secondary N) is 1. The van der Waals surface area contributed by atoms with Crippen molar-refractivity contribution < 1.29 is 23.8 Å². The highest BCUT2D eigenvalue weighted by Gasteiger charge is 2.22. The fourth-order valence-corrected chi connectivity index (χ4v) is 2.40. The standard InChI is InChI=1S/C22H27NO5/c1-15(13-20(24)28-22(2,3)4)21(25)23-16-9-11-17(12-10-16)27-19-8-6-7-18(14-19)26-5/h6-12,14-15H,13H2,1-5H3,(H,23,25)/t15-/m0/s1. The number of ether oxygens (including phenoxy) is 3. The summed E-state index contributed by atoms with van der Waals surface area (Å²) in [6.45, 7) is 7.08. The second-order valence-electron chi connectivity index (χ2n) is 7.49. The Morgan fingerprint density at radius 1 is 1.00 bits per heavy atom. The maximum absolute atomic E-state index is 12.3. The van der Waals surface area contributed by atoms with Crippen LogP contribution in [0.3, 0.4) is 0 Å². The molecule has 1 N–H and O–H groups in total. The Balaban J connectivity index is 1.90. The van der Waals surface area contributed by atoms with Crippen LogP contribution in [0, 0.1) is 5.92 Å². The Morgan fingerprint density at radius 3 is 2.25 bits per heavy atom. The first-order valence-corrected chi connectivity index (χ1v) is 9.11. The number of methoxy groups -OCH3 is 1. The van der Waals surface area contributed by atoms with Gasteiger partial charge in [0, 0.05) is 17.7 Å². The normalized spacial score (nSPS) is 12.0. The van der Waals surface area contributed by atoms with E-state index in [1.165, 1.54) is 0 Å². The molecule has 0 aliphatic carbocycles. The highest BCUT2D eigenvalue weighted by Crippen LogP contribution is 2.26. The van der Waals surface area contributed by atoms with Crippen LogP contribution in [0.1, 0.15) is 34.1 Å². The van der Waals surface area contributed by atoms with Gasteiger partial charge >= 0.3 is 5.97 Å². The van der Waals surface area contributed by atoms with E-state index in [9.17, 15) is 9.59 Å². The molecule has 0 spiro atoms. The van der Waals surface area contributed by atoms with Gasteiger partial charge in [-0.05, 0) is 57.2 Å². The molecule has 6 heteroatoms. The average Bonchev–Trinajstić information content (AvgIpc) is 2.61. The molecule has 2 rings (SSSR count). The summed E-state index contributed by atoms with van der Waals surface area (Å²) >= 11 is 0. The SMILES string of the molecule is COc1cccc(Oc2ccc(NC(=O)[C@@H](C)CC(=O)OC(C)(C)C)cc2)c1.